The third kappa shape index (κ3) is 3.69. The van der Waals surface area contributed by atoms with Gasteiger partial charge in [0.05, 0.1) is 5.69 Å². The van der Waals surface area contributed by atoms with Gasteiger partial charge in [-0.3, -0.25) is 9.80 Å². The van der Waals surface area contributed by atoms with Crippen molar-refractivity contribution >= 4 is 11.6 Å². The SMILES string of the molecule is Cc1noc(C)c1CN1CCN(Cc2ccc(Cl)cc2)CC1. The summed E-state index contributed by atoms with van der Waals surface area (Å²) in [6.45, 7) is 10.3. The van der Waals surface area contributed by atoms with Gasteiger partial charge in [-0.1, -0.05) is 28.9 Å². The van der Waals surface area contributed by atoms with E-state index in [0.717, 1.165) is 55.7 Å². The molecule has 2 heterocycles. The number of hydrogen-bond donors (Lipinski definition) is 0. The van der Waals surface area contributed by atoms with Crippen molar-refractivity contribution < 1.29 is 4.52 Å². The highest BCUT2D eigenvalue weighted by Gasteiger charge is 2.19. The highest BCUT2D eigenvalue weighted by atomic mass is 35.5. The van der Waals surface area contributed by atoms with Gasteiger partial charge in [0.25, 0.3) is 0 Å². The molecule has 0 atom stereocenters. The normalized spacial score (nSPS) is 17.0. The van der Waals surface area contributed by atoms with Crippen molar-refractivity contribution in [3.63, 3.8) is 0 Å². The lowest BCUT2D eigenvalue weighted by molar-refractivity contribution is 0.121. The highest BCUT2D eigenvalue weighted by molar-refractivity contribution is 6.30. The molecule has 1 aliphatic heterocycles. The molecule has 4 nitrogen and oxygen atoms in total. The lowest BCUT2D eigenvalue weighted by Crippen LogP contribution is -2.45. The van der Waals surface area contributed by atoms with E-state index in [1.165, 1.54) is 11.1 Å². The van der Waals surface area contributed by atoms with Crippen molar-refractivity contribution in [2.75, 3.05) is 26.2 Å². The van der Waals surface area contributed by atoms with Crippen LogP contribution < -0.4 is 0 Å². The van der Waals surface area contributed by atoms with Crippen LogP contribution in [0.5, 0.6) is 0 Å². The van der Waals surface area contributed by atoms with E-state index in [1.807, 2.05) is 26.0 Å². The van der Waals surface area contributed by atoms with Crippen LogP contribution >= 0.6 is 11.6 Å². The fourth-order valence-electron chi connectivity index (χ4n) is 2.90. The van der Waals surface area contributed by atoms with Crippen molar-refractivity contribution in [3.8, 4) is 0 Å². The van der Waals surface area contributed by atoms with Crippen LogP contribution in [0.25, 0.3) is 0 Å². The molecule has 0 spiro atoms. The minimum Gasteiger partial charge on any atom is -0.361 e. The molecule has 2 aromatic rings. The van der Waals surface area contributed by atoms with Gasteiger partial charge in [0.2, 0.25) is 0 Å². The number of rotatable bonds is 4. The Morgan fingerprint density at radius 1 is 1.00 bits per heavy atom. The number of hydrogen-bond acceptors (Lipinski definition) is 4. The number of benzene rings is 1. The molecule has 0 bridgehead atoms. The second-order valence-electron chi connectivity index (χ2n) is 5.98. The Bertz CT molecular complexity index is 596. The second kappa shape index (κ2) is 6.82. The molecule has 118 valence electrons. The van der Waals surface area contributed by atoms with E-state index in [2.05, 4.69) is 27.1 Å². The molecule has 1 fully saturated rings. The monoisotopic (exact) mass is 319 g/mol. The van der Waals surface area contributed by atoms with Gasteiger partial charge in [0.15, 0.2) is 0 Å². The molecule has 3 rings (SSSR count). The van der Waals surface area contributed by atoms with Crippen LogP contribution in [0, 0.1) is 13.8 Å². The van der Waals surface area contributed by atoms with Crippen LogP contribution in [0.3, 0.4) is 0 Å². The van der Waals surface area contributed by atoms with Gasteiger partial charge in [-0.15, -0.1) is 0 Å². The number of aromatic nitrogens is 1. The number of nitrogens with zero attached hydrogens (tertiary/aromatic N) is 3. The summed E-state index contributed by atoms with van der Waals surface area (Å²) in [6, 6.07) is 8.15. The van der Waals surface area contributed by atoms with Gasteiger partial charge in [-0.2, -0.15) is 0 Å². The van der Waals surface area contributed by atoms with Crippen LogP contribution in [-0.2, 0) is 13.1 Å². The summed E-state index contributed by atoms with van der Waals surface area (Å²) in [6.07, 6.45) is 0. The van der Waals surface area contributed by atoms with Gasteiger partial charge in [-0.05, 0) is 31.5 Å². The summed E-state index contributed by atoms with van der Waals surface area (Å²) in [5, 5.41) is 4.84. The minimum absolute atomic E-state index is 0.799. The summed E-state index contributed by atoms with van der Waals surface area (Å²) < 4.78 is 5.25. The van der Waals surface area contributed by atoms with E-state index < -0.39 is 0 Å². The smallest absolute Gasteiger partial charge is 0.138 e. The maximum atomic E-state index is 5.93. The Labute approximate surface area is 136 Å². The maximum Gasteiger partial charge on any atom is 0.138 e. The molecule has 0 amide bonds. The first-order chi connectivity index (χ1) is 10.6. The zero-order chi connectivity index (χ0) is 15.5. The molecule has 0 aliphatic carbocycles. The lowest BCUT2D eigenvalue weighted by Gasteiger charge is -2.34. The lowest BCUT2D eigenvalue weighted by atomic mass is 10.1. The van der Waals surface area contributed by atoms with E-state index in [1.54, 1.807) is 0 Å². The average molecular weight is 320 g/mol. The average Bonchev–Trinajstić information content (AvgIpc) is 2.83. The van der Waals surface area contributed by atoms with Crippen LogP contribution in [0.2, 0.25) is 5.02 Å². The van der Waals surface area contributed by atoms with Crippen LogP contribution in [0.4, 0.5) is 0 Å². The van der Waals surface area contributed by atoms with Crippen LogP contribution in [0.1, 0.15) is 22.6 Å². The van der Waals surface area contributed by atoms with Crippen LogP contribution in [-0.4, -0.2) is 41.1 Å². The predicted molar refractivity (Wildman–Crippen MR) is 88.0 cm³/mol. The molecule has 0 saturated carbocycles. The maximum absolute atomic E-state index is 5.93. The Morgan fingerprint density at radius 3 is 2.14 bits per heavy atom. The Kier molecular flexibility index (Phi) is 4.81. The van der Waals surface area contributed by atoms with Crippen molar-refractivity contribution in [2.45, 2.75) is 26.9 Å². The van der Waals surface area contributed by atoms with Crippen LogP contribution in [0.15, 0.2) is 28.8 Å². The summed E-state index contributed by atoms with van der Waals surface area (Å²) in [5.74, 6) is 0.945. The summed E-state index contributed by atoms with van der Waals surface area (Å²) in [7, 11) is 0. The first kappa shape index (κ1) is 15.5. The van der Waals surface area contributed by atoms with E-state index in [9.17, 15) is 0 Å². The first-order valence-electron chi connectivity index (χ1n) is 7.73. The van der Waals surface area contributed by atoms with Gasteiger partial charge in [-0.25, -0.2) is 0 Å². The third-order valence-electron chi connectivity index (χ3n) is 4.35. The fourth-order valence-corrected chi connectivity index (χ4v) is 3.03. The molecular weight excluding hydrogens is 298 g/mol. The van der Waals surface area contributed by atoms with Gasteiger partial charge < -0.3 is 4.52 Å². The molecule has 0 radical (unpaired) electrons. The molecule has 0 N–H and O–H groups in total. The summed E-state index contributed by atoms with van der Waals surface area (Å²) >= 11 is 5.93. The zero-order valence-corrected chi connectivity index (χ0v) is 13.9. The largest absolute Gasteiger partial charge is 0.361 e. The Morgan fingerprint density at radius 2 is 1.59 bits per heavy atom. The third-order valence-corrected chi connectivity index (χ3v) is 4.60. The molecule has 0 unspecified atom stereocenters. The van der Waals surface area contributed by atoms with E-state index in [4.69, 9.17) is 16.1 Å². The fraction of sp³-hybridized carbons (Fsp3) is 0.471. The topological polar surface area (TPSA) is 32.5 Å². The predicted octanol–water partition coefficient (Wildman–Crippen LogP) is 3.26. The molecule has 22 heavy (non-hydrogen) atoms. The van der Waals surface area contributed by atoms with Crippen molar-refractivity contribution in [1.29, 1.82) is 0 Å². The minimum atomic E-state index is 0.799. The molecule has 1 aromatic carbocycles. The molecule has 5 heteroatoms. The molecular formula is C17H22ClN3O. The first-order valence-corrected chi connectivity index (χ1v) is 8.10. The number of aryl methyl sites for hydroxylation is 2. The van der Waals surface area contributed by atoms with E-state index >= 15 is 0 Å². The van der Waals surface area contributed by atoms with E-state index in [0.29, 0.717) is 0 Å². The molecule has 1 saturated heterocycles. The highest BCUT2D eigenvalue weighted by Crippen LogP contribution is 2.17. The van der Waals surface area contributed by atoms with Gasteiger partial charge in [0.1, 0.15) is 5.76 Å². The standard InChI is InChI=1S/C17H22ClN3O/c1-13-17(14(2)22-19-13)12-21-9-7-20(8-10-21)11-15-3-5-16(18)6-4-15/h3-6H,7-12H2,1-2H3. The van der Waals surface area contributed by atoms with Crippen molar-refractivity contribution in [1.82, 2.24) is 15.0 Å². The Hall–Kier alpha value is -1.36. The molecule has 1 aromatic heterocycles. The Balaban J connectivity index is 1.51. The van der Waals surface area contributed by atoms with Crippen molar-refractivity contribution in [2.24, 2.45) is 0 Å². The number of piperazine rings is 1. The summed E-state index contributed by atoms with van der Waals surface area (Å²) in [5.41, 5.74) is 3.58. The number of halogens is 1. The van der Waals surface area contributed by atoms with Gasteiger partial charge in [0, 0.05) is 49.9 Å². The summed E-state index contributed by atoms with van der Waals surface area (Å²) in [4.78, 5) is 4.97. The zero-order valence-electron chi connectivity index (χ0n) is 13.2. The molecule has 1 aliphatic rings. The van der Waals surface area contributed by atoms with Gasteiger partial charge >= 0.3 is 0 Å². The van der Waals surface area contributed by atoms with Crippen molar-refractivity contribution in [3.05, 3.63) is 51.9 Å². The second-order valence-corrected chi connectivity index (χ2v) is 6.42. The van der Waals surface area contributed by atoms with E-state index in [-0.39, 0.29) is 0 Å². The quantitative estimate of drug-likeness (QED) is 0.866.